The molecule has 1 N–H and O–H groups in total. The van der Waals surface area contributed by atoms with E-state index in [9.17, 15) is 4.79 Å². The summed E-state index contributed by atoms with van der Waals surface area (Å²) in [6.07, 6.45) is 0.408. The van der Waals surface area contributed by atoms with Gasteiger partial charge < -0.3 is 4.74 Å². The summed E-state index contributed by atoms with van der Waals surface area (Å²) < 4.78 is 4.65. The smallest absolute Gasteiger partial charge is 0.411 e. The van der Waals surface area contributed by atoms with Crippen molar-refractivity contribution in [3.63, 3.8) is 0 Å². The van der Waals surface area contributed by atoms with E-state index in [2.05, 4.69) is 35.2 Å². The lowest BCUT2D eigenvalue weighted by Gasteiger charge is -2.13. The third-order valence-corrected chi connectivity index (χ3v) is 3.34. The average Bonchev–Trinajstić information content (AvgIpc) is 2.45. The molecule has 0 saturated heterocycles. The van der Waals surface area contributed by atoms with Crippen LogP contribution in [-0.4, -0.2) is 13.2 Å². The number of anilines is 1. The lowest BCUT2D eigenvalue weighted by Crippen LogP contribution is -2.12. The predicted octanol–water partition coefficient (Wildman–Crippen LogP) is 4.07. The molecule has 2 aromatic rings. The summed E-state index contributed by atoms with van der Waals surface area (Å²) in [5.41, 5.74) is 5.51. The topological polar surface area (TPSA) is 38.3 Å². The van der Waals surface area contributed by atoms with Crippen molar-refractivity contribution < 1.29 is 9.53 Å². The zero-order valence-electron chi connectivity index (χ0n) is 12.1. The summed E-state index contributed by atoms with van der Waals surface area (Å²) in [4.78, 5) is 11.4. The van der Waals surface area contributed by atoms with Crippen LogP contribution in [0.2, 0.25) is 0 Å². The van der Waals surface area contributed by atoms with Gasteiger partial charge in [0, 0.05) is 5.69 Å². The van der Waals surface area contributed by atoms with Crippen molar-refractivity contribution >= 4 is 11.8 Å². The Morgan fingerprint density at radius 2 is 1.80 bits per heavy atom. The highest BCUT2D eigenvalue weighted by Gasteiger charge is 2.08. The summed E-state index contributed by atoms with van der Waals surface area (Å²) >= 11 is 0. The summed E-state index contributed by atoms with van der Waals surface area (Å²) in [6, 6.07) is 14.4. The van der Waals surface area contributed by atoms with E-state index < -0.39 is 6.09 Å². The van der Waals surface area contributed by atoms with Gasteiger partial charge in [-0.25, -0.2) is 4.79 Å². The Bertz CT molecular complexity index is 606. The predicted molar refractivity (Wildman–Crippen MR) is 81.2 cm³/mol. The van der Waals surface area contributed by atoms with Crippen molar-refractivity contribution in [3.8, 4) is 0 Å². The summed E-state index contributed by atoms with van der Waals surface area (Å²) in [6.45, 7) is 4.07. The maximum absolute atomic E-state index is 11.4. The van der Waals surface area contributed by atoms with Crippen molar-refractivity contribution in [2.24, 2.45) is 0 Å². The lowest BCUT2D eigenvalue weighted by atomic mass is 9.97. The maximum Gasteiger partial charge on any atom is 0.411 e. The van der Waals surface area contributed by atoms with Crippen LogP contribution in [0.25, 0.3) is 0 Å². The molecular weight excluding hydrogens is 250 g/mol. The molecule has 0 aliphatic carbocycles. The second kappa shape index (κ2) is 6.24. The van der Waals surface area contributed by atoms with Crippen LogP contribution < -0.4 is 5.32 Å². The first-order valence-electron chi connectivity index (χ1n) is 6.59. The molecule has 3 nitrogen and oxygen atoms in total. The van der Waals surface area contributed by atoms with Gasteiger partial charge in [0.2, 0.25) is 0 Å². The fraction of sp³-hybridized carbons (Fsp3) is 0.235. The number of carbonyl (C=O) groups is 1. The molecule has 0 aliphatic heterocycles. The van der Waals surface area contributed by atoms with Crippen LogP contribution in [0.1, 0.15) is 22.3 Å². The molecule has 0 spiro atoms. The van der Waals surface area contributed by atoms with Gasteiger partial charge in [-0.15, -0.1) is 0 Å². The van der Waals surface area contributed by atoms with E-state index in [1.54, 1.807) is 0 Å². The molecule has 0 saturated carbocycles. The van der Waals surface area contributed by atoms with Gasteiger partial charge in [0.05, 0.1) is 7.11 Å². The van der Waals surface area contributed by atoms with Gasteiger partial charge in [0.25, 0.3) is 0 Å². The number of hydrogen-bond donors (Lipinski definition) is 1. The largest absolute Gasteiger partial charge is 0.453 e. The van der Waals surface area contributed by atoms with Crippen LogP contribution >= 0.6 is 0 Å². The first-order chi connectivity index (χ1) is 9.60. The van der Waals surface area contributed by atoms with Crippen molar-refractivity contribution in [2.75, 3.05) is 12.4 Å². The number of carbonyl (C=O) groups excluding carboxylic acids is 1. The fourth-order valence-electron chi connectivity index (χ4n) is 2.20. The fourth-order valence-corrected chi connectivity index (χ4v) is 2.20. The number of ether oxygens (including phenoxy) is 1. The van der Waals surface area contributed by atoms with Crippen molar-refractivity contribution in [2.45, 2.75) is 20.3 Å². The number of nitrogens with one attached hydrogen (secondary N) is 1. The molecule has 0 fully saturated rings. The first kappa shape index (κ1) is 14.1. The molecule has 1 amide bonds. The molecule has 0 aromatic heterocycles. The number of methoxy groups -OCH3 is 1. The standard InChI is InChI=1S/C17H19NO2/c1-12-9-13(2)16(18-17(19)20-3)11-15(12)10-14-7-5-4-6-8-14/h4-9,11H,10H2,1-3H3,(H,18,19). The Hall–Kier alpha value is -2.29. The highest BCUT2D eigenvalue weighted by atomic mass is 16.5. The van der Waals surface area contributed by atoms with E-state index in [-0.39, 0.29) is 0 Å². The Morgan fingerprint density at radius 1 is 1.10 bits per heavy atom. The Balaban J connectivity index is 2.29. The molecule has 0 heterocycles. The Labute approximate surface area is 119 Å². The van der Waals surface area contributed by atoms with Crippen LogP contribution in [0, 0.1) is 13.8 Å². The molecule has 0 unspecified atom stereocenters. The Morgan fingerprint density at radius 3 is 2.45 bits per heavy atom. The van der Waals surface area contributed by atoms with Crippen molar-refractivity contribution in [1.82, 2.24) is 0 Å². The van der Waals surface area contributed by atoms with E-state index in [4.69, 9.17) is 0 Å². The zero-order chi connectivity index (χ0) is 14.5. The molecule has 3 heteroatoms. The lowest BCUT2D eigenvalue weighted by molar-refractivity contribution is 0.187. The highest BCUT2D eigenvalue weighted by molar-refractivity contribution is 5.85. The molecular formula is C17H19NO2. The van der Waals surface area contributed by atoms with Gasteiger partial charge in [-0.05, 0) is 48.6 Å². The summed E-state index contributed by atoms with van der Waals surface area (Å²) in [5, 5.41) is 2.75. The molecule has 104 valence electrons. The van der Waals surface area contributed by atoms with Crippen LogP contribution in [0.4, 0.5) is 10.5 Å². The van der Waals surface area contributed by atoms with Crippen molar-refractivity contribution in [1.29, 1.82) is 0 Å². The second-order valence-corrected chi connectivity index (χ2v) is 4.87. The molecule has 2 rings (SSSR count). The van der Waals surface area contributed by atoms with E-state index in [1.165, 1.54) is 23.8 Å². The molecule has 0 atom stereocenters. The average molecular weight is 269 g/mol. The molecule has 20 heavy (non-hydrogen) atoms. The van der Waals surface area contributed by atoms with E-state index >= 15 is 0 Å². The minimum absolute atomic E-state index is 0.442. The van der Waals surface area contributed by atoms with Gasteiger partial charge in [-0.3, -0.25) is 5.32 Å². The van der Waals surface area contributed by atoms with Gasteiger partial charge in [-0.2, -0.15) is 0 Å². The normalized spacial score (nSPS) is 10.2. The number of hydrogen-bond acceptors (Lipinski definition) is 2. The first-order valence-corrected chi connectivity index (χ1v) is 6.59. The summed E-state index contributed by atoms with van der Waals surface area (Å²) in [7, 11) is 1.36. The number of benzene rings is 2. The van der Waals surface area contributed by atoms with Gasteiger partial charge >= 0.3 is 6.09 Å². The zero-order valence-corrected chi connectivity index (χ0v) is 12.1. The number of rotatable bonds is 3. The van der Waals surface area contributed by atoms with Crippen LogP contribution in [0.15, 0.2) is 42.5 Å². The SMILES string of the molecule is COC(=O)Nc1cc(Cc2ccccc2)c(C)cc1C. The van der Waals surface area contributed by atoms with E-state index in [0.29, 0.717) is 0 Å². The molecule has 0 bridgehead atoms. The van der Waals surface area contributed by atoms with Crippen LogP contribution in [0.5, 0.6) is 0 Å². The van der Waals surface area contributed by atoms with Crippen molar-refractivity contribution in [3.05, 3.63) is 64.7 Å². The van der Waals surface area contributed by atoms with Gasteiger partial charge in [-0.1, -0.05) is 36.4 Å². The van der Waals surface area contributed by atoms with E-state index in [1.807, 2.05) is 31.2 Å². The molecule has 0 aliphatic rings. The minimum atomic E-state index is -0.442. The third-order valence-electron chi connectivity index (χ3n) is 3.34. The highest BCUT2D eigenvalue weighted by Crippen LogP contribution is 2.23. The summed E-state index contributed by atoms with van der Waals surface area (Å²) in [5.74, 6) is 0. The quantitative estimate of drug-likeness (QED) is 0.912. The molecule has 0 radical (unpaired) electrons. The maximum atomic E-state index is 11.4. The Kier molecular flexibility index (Phi) is 4.41. The monoisotopic (exact) mass is 269 g/mol. The number of aryl methyl sites for hydroxylation is 2. The van der Waals surface area contributed by atoms with E-state index in [0.717, 1.165) is 17.7 Å². The minimum Gasteiger partial charge on any atom is -0.453 e. The molecule has 2 aromatic carbocycles. The van der Waals surface area contributed by atoms with Gasteiger partial charge in [0.15, 0.2) is 0 Å². The van der Waals surface area contributed by atoms with Gasteiger partial charge in [0.1, 0.15) is 0 Å². The number of amides is 1. The van der Waals surface area contributed by atoms with Crippen LogP contribution in [0.3, 0.4) is 0 Å². The third kappa shape index (κ3) is 3.38. The van der Waals surface area contributed by atoms with Crippen LogP contribution in [-0.2, 0) is 11.2 Å². The second-order valence-electron chi connectivity index (χ2n) is 4.87.